The third-order valence-corrected chi connectivity index (χ3v) is 6.50. The first-order valence-electron chi connectivity index (χ1n) is 9.73. The quantitative estimate of drug-likeness (QED) is 0.452. The molecule has 7 nitrogen and oxygen atoms in total. The Morgan fingerprint density at radius 1 is 1.06 bits per heavy atom. The zero-order valence-electron chi connectivity index (χ0n) is 16.5. The smallest absolute Gasteiger partial charge is 0.294 e. The van der Waals surface area contributed by atoms with Crippen molar-refractivity contribution >= 4 is 68.9 Å². The Hall–Kier alpha value is -2.37. The molecular formula is C22H20IN3O4S. The van der Waals surface area contributed by atoms with E-state index in [-0.39, 0.29) is 6.54 Å². The summed E-state index contributed by atoms with van der Waals surface area (Å²) in [6.07, 6.45) is 1.67. The van der Waals surface area contributed by atoms with Gasteiger partial charge in [-0.05, 0) is 82.4 Å². The molecule has 9 heteroatoms. The number of morpholine rings is 1. The fourth-order valence-corrected chi connectivity index (χ4v) is 4.47. The van der Waals surface area contributed by atoms with E-state index in [9.17, 15) is 14.4 Å². The SMILES string of the molecule is O=C(CN1C(=O)S/C(=C\c2ccc(I)cc2)C1=O)Nc1ccc(N2CCOCC2)cc1. The van der Waals surface area contributed by atoms with Crippen LogP contribution in [0.2, 0.25) is 0 Å². The highest BCUT2D eigenvalue weighted by atomic mass is 127. The largest absolute Gasteiger partial charge is 0.378 e. The molecule has 2 aliphatic rings. The summed E-state index contributed by atoms with van der Waals surface area (Å²) in [4.78, 5) is 40.8. The molecule has 31 heavy (non-hydrogen) atoms. The van der Waals surface area contributed by atoms with Crippen LogP contribution in [0.4, 0.5) is 16.2 Å². The zero-order valence-corrected chi connectivity index (χ0v) is 19.5. The first-order valence-corrected chi connectivity index (χ1v) is 11.6. The van der Waals surface area contributed by atoms with Gasteiger partial charge in [-0.15, -0.1) is 0 Å². The molecule has 2 fully saturated rings. The average molecular weight is 549 g/mol. The van der Waals surface area contributed by atoms with Crippen LogP contribution in [0.1, 0.15) is 5.56 Å². The molecule has 2 aromatic carbocycles. The Kier molecular flexibility index (Phi) is 6.93. The van der Waals surface area contributed by atoms with Gasteiger partial charge in [0.1, 0.15) is 6.54 Å². The van der Waals surface area contributed by atoms with Gasteiger partial charge in [-0.3, -0.25) is 19.3 Å². The Balaban J connectivity index is 1.36. The third-order valence-electron chi connectivity index (χ3n) is 4.87. The maximum Gasteiger partial charge on any atom is 0.294 e. The minimum absolute atomic E-state index is 0.314. The number of carbonyl (C=O) groups excluding carboxylic acids is 3. The van der Waals surface area contributed by atoms with Gasteiger partial charge in [-0.2, -0.15) is 0 Å². The number of ether oxygens (including phenoxy) is 1. The molecule has 0 aliphatic carbocycles. The summed E-state index contributed by atoms with van der Waals surface area (Å²) in [5, 5.41) is 2.31. The number of carbonyl (C=O) groups is 3. The van der Waals surface area contributed by atoms with Crippen LogP contribution in [0, 0.1) is 3.57 Å². The maximum atomic E-state index is 12.6. The molecular weight excluding hydrogens is 529 g/mol. The van der Waals surface area contributed by atoms with E-state index in [0.717, 1.165) is 44.6 Å². The van der Waals surface area contributed by atoms with Crippen molar-refractivity contribution in [2.45, 2.75) is 0 Å². The van der Waals surface area contributed by atoms with Gasteiger partial charge in [0.2, 0.25) is 5.91 Å². The Bertz CT molecular complexity index is 1020. The lowest BCUT2D eigenvalue weighted by Crippen LogP contribution is -2.36. The van der Waals surface area contributed by atoms with E-state index >= 15 is 0 Å². The van der Waals surface area contributed by atoms with Crippen molar-refractivity contribution in [3.8, 4) is 0 Å². The van der Waals surface area contributed by atoms with Crippen LogP contribution in [0.25, 0.3) is 6.08 Å². The lowest BCUT2D eigenvalue weighted by Gasteiger charge is -2.28. The minimum Gasteiger partial charge on any atom is -0.378 e. The van der Waals surface area contributed by atoms with Crippen molar-refractivity contribution in [3.63, 3.8) is 0 Å². The monoisotopic (exact) mass is 549 g/mol. The number of rotatable bonds is 5. The van der Waals surface area contributed by atoms with Gasteiger partial charge < -0.3 is 15.0 Å². The molecule has 3 amide bonds. The first kappa shape index (κ1) is 21.8. The predicted octanol–water partition coefficient (Wildman–Crippen LogP) is 3.80. The summed E-state index contributed by atoms with van der Waals surface area (Å²) < 4.78 is 6.44. The Morgan fingerprint density at radius 3 is 2.42 bits per heavy atom. The van der Waals surface area contributed by atoms with Gasteiger partial charge in [0.15, 0.2) is 0 Å². The van der Waals surface area contributed by atoms with Crippen molar-refractivity contribution in [3.05, 3.63) is 62.6 Å². The number of nitrogens with zero attached hydrogens (tertiary/aromatic N) is 2. The molecule has 0 radical (unpaired) electrons. The lowest BCUT2D eigenvalue weighted by atomic mass is 10.2. The van der Waals surface area contributed by atoms with Crippen molar-refractivity contribution in [1.82, 2.24) is 4.90 Å². The van der Waals surface area contributed by atoms with E-state index in [4.69, 9.17) is 4.74 Å². The van der Waals surface area contributed by atoms with Crippen molar-refractivity contribution in [2.24, 2.45) is 0 Å². The highest BCUT2D eigenvalue weighted by Gasteiger charge is 2.36. The highest BCUT2D eigenvalue weighted by molar-refractivity contribution is 14.1. The molecule has 0 bridgehead atoms. The number of amides is 3. The van der Waals surface area contributed by atoms with Gasteiger partial charge in [0, 0.05) is 28.0 Å². The predicted molar refractivity (Wildman–Crippen MR) is 130 cm³/mol. The second-order valence-corrected chi connectivity index (χ2v) is 9.25. The van der Waals surface area contributed by atoms with E-state index in [0.29, 0.717) is 23.8 Å². The molecule has 4 rings (SSSR count). The van der Waals surface area contributed by atoms with Gasteiger partial charge in [0.05, 0.1) is 18.1 Å². The number of hydrogen-bond acceptors (Lipinski definition) is 6. The standard InChI is InChI=1S/C22H20IN3O4S/c23-16-3-1-15(2-4-16)13-19-21(28)26(22(29)31-19)14-20(27)24-17-5-7-18(8-6-17)25-9-11-30-12-10-25/h1-8,13H,9-12,14H2,(H,24,27)/b19-13-. The fraction of sp³-hybridized carbons (Fsp3) is 0.227. The molecule has 160 valence electrons. The number of thioether (sulfide) groups is 1. The van der Waals surface area contributed by atoms with Crippen LogP contribution in [-0.4, -0.2) is 54.8 Å². The second kappa shape index (κ2) is 9.84. The van der Waals surface area contributed by atoms with Crippen LogP contribution < -0.4 is 10.2 Å². The molecule has 0 unspecified atom stereocenters. The second-order valence-electron chi connectivity index (χ2n) is 7.01. The van der Waals surface area contributed by atoms with Crippen LogP contribution in [0.3, 0.4) is 0 Å². The first-order chi connectivity index (χ1) is 15.0. The molecule has 0 aromatic heterocycles. The average Bonchev–Trinajstić information content (AvgIpc) is 3.04. The number of hydrogen-bond donors (Lipinski definition) is 1. The summed E-state index contributed by atoms with van der Waals surface area (Å²) in [6, 6.07) is 15.1. The van der Waals surface area contributed by atoms with Gasteiger partial charge in [-0.1, -0.05) is 12.1 Å². The summed E-state index contributed by atoms with van der Waals surface area (Å²) in [7, 11) is 0. The number of nitrogens with one attached hydrogen (secondary N) is 1. The summed E-state index contributed by atoms with van der Waals surface area (Å²) in [6.45, 7) is 2.75. The molecule has 2 saturated heterocycles. The number of halogens is 1. The van der Waals surface area contributed by atoms with Crippen molar-refractivity contribution in [1.29, 1.82) is 0 Å². The van der Waals surface area contributed by atoms with Crippen molar-refractivity contribution in [2.75, 3.05) is 43.1 Å². The number of benzene rings is 2. The summed E-state index contributed by atoms with van der Waals surface area (Å²) in [5.41, 5.74) is 2.51. The molecule has 2 heterocycles. The molecule has 1 N–H and O–H groups in total. The summed E-state index contributed by atoms with van der Waals surface area (Å²) in [5.74, 6) is -0.872. The van der Waals surface area contributed by atoms with E-state index < -0.39 is 17.1 Å². The fourth-order valence-electron chi connectivity index (χ4n) is 3.27. The van der Waals surface area contributed by atoms with Crippen LogP contribution in [0.5, 0.6) is 0 Å². The lowest BCUT2D eigenvalue weighted by molar-refractivity contribution is -0.127. The number of anilines is 2. The highest BCUT2D eigenvalue weighted by Crippen LogP contribution is 2.32. The molecule has 2 aliphatic heterocycles. The van der Waals surface area contributed by atoms with Crippen LogP contribution in [-0.2, 0) is 14.3 Å². The zero-order chi connectivity index (χ0) is 21.8. The van der Waals surface area contributed by atoms with E-state index in [2.05, 4.69) is 32.8 Å². The van der Waals surface area contributed by atoms with Crippen LogP contribution >= 0.6 is 34.4 Å². The molecule has 0 atom stereocenters. The minimum atomic E-state index is -0.452. The Morgan fingerprint density at radius 2 is 1.74 bits per heavy atom. The molecule has 0 spiro atoms. The normalized spacial score (nSPS) is 18.0. The summed E-state index contributed by atoms with van der Waals surface area (Å²) >= 11 is 3.05. The van der Waals surface area contributed by atoms with E-state index in [1.54, 1.807) is 6.08 Å². The topological polar surface area (TPSA) is 79.0 Å². The maximum absolute atomic E-state index is 12.6. The van der Waals surface area contributed by atoms with Gasteiger partial charge >= 0.3 is 0 Å². The molecule has 0 saturated carbocycles. The van der Waals surface area contributed by atoms with Crippen LogP contribution in [0.15, 0.2) is 53.4 Å². The Labute approximate surface area is 197 Å². The van der Waals surface area contributed by atoms with Gasteiger partial charge in [0.25, 0.3) is 11.1 Å². The van der Waals surface area contributed by atoms with Gasteiger partial charge in [-0.25, -0.2) is 0 Å². The molecule has 2 aromatic rings. The van der Waals surface area contributed by atoms with E-state index in [1.165, 1.54) is 0 Å². The van der Waals surface area contributed by atoms with E-state index in [1.807, 2.05) is 48.5 Å². The van der Waals surface area contributed by atoms with Crippen molar-refractivity contribution < 1.29 is 19.1 Å². The number of imide groups is 1. The third kappa shape index (κ3) is 5.46.